The lowest BCUT2D eigenvalue weighted by molar-refractivity contribution is 0.277. The van der Waals surface area contributed by atoms with Crippen LogP contribution in [0.5, 0.6) is 0 Å². The van der Waals surface area contributed by atoms with E-state index in [0.717, 1.165) is 25.7 Å². The van der Waals surface area contributed by atoms with Crippen molar-refractivity contribution < 1.29 is 13.5 Å². The Bertz CT molecular complexity index is 489. The van der Waals surface area contributed by atoms with Crippen molar-refractivity contribution in [1.82, 2.24) is 9.29 Å². The molecule has 0 radical (unpaired) electrons. The number of aromatic amines is 1. The highest BCUT2D eigenvalue weighted by atomic mass is 32.2. The lowest BCUT2D eigenvalue weighted by Crippen LogP contribution is -2.38. The van der Waals surface area contributed by atoms with Crippen molar-refractivity contribution in [2.75, 3.05) is 7.05 Å². The van der Waals surface area contributed by atoms with Crippen LogP contribution in [0.2, 0.25) is 0 Å². The highest BCUT2D eigenvalue weighted by molar-refractivity contribution is 7.89. The number of aromatic nitrogens is 1. The maximum atomic E-state index is 12.4. The van der Waals surface area contributed by atoms with Crippen LogP contribution in [0.1, 0.15) is 37.8 Å². The van der Waals surface area contributed by atoms with Gasteiger partial charge in [-0.15, -0.1) is 0 Å². The molecule has 0 bridgehead atoms. The molecule has 1 aromatic heterocycles. The molecule has 0 unspecified atom stereocenters. The van der Waals surface area contributed by atoms with E-state index in [4.69, 9.17) is 5.11 Å². The van der Waals surface area contributed by atoms with Crippen molar-refractivity contribution in [1.29, 1.82) is 0 Å². The molecule has 1 aliphatic carbocycles. The Morgan fingerprint density at radius 2 is 2.06 bits per heavy atom. The smallest absolute Gasteiger partial charge is 0.244 e. The summed E-state index contributed by atoms with van der Waals surface area (Å²) in [5.74, 6) is 0. The molecule has 1 aromatic rings. The number of aliphatic hydroxyl groups excluding tert-OH is 1. The Morgan fingerprint density at radius 1 is 1.39 bits per heavy atom. The van der Waals surface area contributed by atoms with Crippen LogP contribution in [-0.2, 0) is 16.6 Å². The van der Waals surface area contributed by atoms with E-state index in [1.807, 2.05) is 0 Å². The summed E-state index contributed by atoms with van der Waals surface area (Å²) in [5, 5.41) is 8.96. The molecule has 5 nitrogen and oxygen atoms in total. The van der Waals surface area contributed by atoms with Crippen molar-refractivity contribution in [2.24, 2.45) is 0 Å². The van der Waals surface area contributed by atoms with Crippen LogP contribution in [0.15, 0.2) is 17.2 Å². The zero-order chi connectivity index (χ0) is 13.2. The van der Waals surface area contributed by atoms with E-state index in [0.29, 0.717) is 5.69 Å². The van der Waals surface area contributed by atoms with E-state index in [2.05, 4.69) is 4.98 Å². The highest BCUT2D eigenvalue weighted by Crippen LogP contribution is 2.26. The Kier molecular flexibility index (Phi) is 4.09. The van der Waals surface area contributed by atoms with E-state index in [-0.39, 0.29) is 17.5 Å². The Balaban J connectivity index is 2.18. The van der Waals surface area contributed by atoms with Gasteiger partial charge >= 0.3 is 0 Å². The summed E-state index contributed by atoms with van der Waals surface area (Å²) in [6.45, 7) is -0.178. The summed E-state index contributed by atoms with van der Waals surface area (Å²) >= 11 is 0. The van der Waals surface area contributed by atoms with Gasteiger partial charge in [0.1, 0.15) is 0 Å². The molecule has 1 aliphatic rings. The minimum absolute atomic E-state index is 0.108. The van der Waals surface area contributed by atoms with Gasteiger partial charge in [0.25, 0.3) is 0 Å². The number of nitrogens with one attached hydrogen (secondary N) is 1. The van der Waals surface area contributed by atoms with Gasteiger partial charge in [-0.25, -0.2) is 8.42 Å². The van der Waals surface area contributed by atoms with Gasteiger partial charge in [-0.1, -0.05) is 19.3 Å². The zero-order valence-electron chi connectivity index (χ0n) is 10.6. The van der Waals surface area contributed by atoms with Crippen LogP contribution >= 0.6 is 0 Å². The van der Waals surface area contributed by atoms with E-state index in [1.165, 1.54) is 23.0 Å². The van der Waals surface area contributed by atoms with Crippen LogP contribution < -0.4 is 0 Å². The largest absolute Gasteiger partial charge is 0.390 e. The number of H-pyrrole nitrogens is 1. The molecule has 0 saturated heterocycles. The molecule has 1 heterocycles. The maximum Gasteiger partial charge on any atom is 0.244 e. The number of hydrogen-bond acceptors (Lipinski definition) is 3. The van der Waals surface area contributed by atoms with Gasteiger partial charge in [0.05, 0.1) is 11.5 Å². The Morgan fingerprint density at radius 3 is 2.61 bits per heavy atom. The zero-order valence-corrected chi connectivity index (χ0v) is 11.4. The first kappa shape index (κ1) is 13.6. The van der Waals surface area contributed by atoms with Gasteiger partial charge in [0.15, 0.2) is 0 Å². The van der Waals surface area contributed by atoms with Gasteiger partial charge in [0, 0.05) is 25.0 Å². The molecule has 18 heavy (non-hydrogen) atoms. The van der Waals surface area contributed by atoms with Gasteiger partial charge < -0.3 is 10.1 Å². The maximum absolute atomic E-state index is 12.4. The molecule has 0 amide bonds. The summed E-state index contributed by atoms with van der Waals surface area (Å²) in [5.41, 5.74) is 0.519. The normalized spacial score (nSPS) is 18.4. The third kappa shape index (κ3) is 2.60. The van der Waals surface area contributed by atoms with Crippen molar-refractivity contribution in [3.05, 3.63) is 18.0 Å². The standard InChI is InChI=1S/C12H20N2O3S/c1-14(11-5-3-2-4-6-11)18(16,17)12-7-10(9-15)13-8-12/h7-8,11,13,15H,2-6,9H2,1H3. The number of aliphatic hydroxyl groups is 1. The fourth-order valence-corrected chi connectivity index (χ4v) is 3.90. The van der Waals surface area contributed by atoms with E-state index in [9.17, 15) is 8.42 Å². The molecule has 0 aromatic carbocycles. The molecule has 2 N–H and O–H groups in total. The first-order valence-corrected chi connectivity index (χ1v) is 7.76. The van der Waals surface area contributed by atoms with Crippen molar-refractivity contribution >= 4 is 10.0 Å². The molecule has 1 saturated carbocycles. The molecule has 1 fully saturated rings. The van der Waals surface area contributed by atoms with Gasteiger partial charge in [-0.2, -0.15) is 4.31 Å². The lowest BCUT2D eigenvalue weighted by Gasteiger charge is -2.30. The van der Waals surface area contributed by atoms with E-state index < -0.39 is 10.0 Å². The highest BCUT2D eigenvalue weighted by Gasteiger charge is 2.29. The third-order valence-electron chi connectivity index (χ3n) is 3.65. The number of hydrogen-bond donors (Lipinski definition) is 2. The SMILES string of the molecule is CN(C1CCCCC1)S(=O)(=O)c1c[nH]c(CO)c1. The van der Waals surface area contributed by atoms with Crippen molar-refractivity contribution in [3.8, 4) is 0 Å². The summed E-state index contributed by atoms with van der Waals surface area (Å²) < 4.78 is 26.3. The second kappa shape index (κ2) is 5.42. The Hall–Kier alpha value is -0.850. The first-order chi connectivity index (χ1) is 8.55. The average molecular weight is 272 g/mol. The van der Waals surface area contributed by atoms with Gasteiger partial charge in [-0.3, -0.25) is 0 Å². The molecular weight excluding hydrogens is 252 g/mol. The van der Waals surface area contributed by atoms with Gasteiger partial charge in [-0.05, 0) is 18.9 Å². The molecular formula is C12H20N2O3S. The van der Waals surface area contributed by atoms with E-state index >= 15 is 0 Å². The van der Waals surface area contributed by atoms with Crippen molar-refractivity contribution in [3.63, 3.8) is 0 Å². The Labute approximate surface area is 108 Å². The van der Waals surface area contributed by atoms with Crippen molar-refractivity contribution in [2.45, 2.75) is 49.6 Å². The minimum Gasteiger partial charge on any atom is -0.390 e. The summed E-state index contributed by atoms with van der Waals surface area (Å²) in [6.07, 6.45) is 6.71. The first-order valence-electron chi connectivity index (χ1n) is 6.32. The fraction of sp³-hybridized carbons (Fsp3) is 0.667. The third-order valence-corrected chi connectivity index (χ3v) is 5.54. The second-order valence-corrected chi connectivity index (χ2v) is 6.83. The average Bonchev–Trinajstić information content (AvgIpc) is 2.88. The second-order valence-electron chi connectivity index (χ2n) is 4.83. The van der Waals surface area contributed by atoms with Crippen LogP contribution in [-0.4, -0.2) is 35.9 Å². The predicted octanol–water partition coefficient (Wildman–Crippen LogP) is 1.46. The molecule has 0 atom stereocenters. The molecule has 0 aliphatic heterocycles. The monoisotopic (exact) mass is 272 g/mol. The van der Waals surface area contributed by atoms with Crippen LogP contribution in [0.4, 0.5) is 0 Å². The van der Waals surface area contributed by atoms with Crippen LogP contribution in [0, 0.1) is 0 Å². The lowest BCUT2D eigenvalue weighted by atomic mass is 9.96. The quantitative estimate of drug-likeness (QED) is 0.871. The molecule has 2 rings (SSSR count). The van der Waals surface area contributed by atoms with E-state index in [1.54, 1.807) is 7.05 Å². The number of rotatable bonds is 4. The molecule has 0 spiro atoms. The molecule has 102 valence electrons. The number of nitrogens with zero attached hydrogens (tertiary/aromatic N) is 1. The minimum atomic E-state index is -3.44. The summed E-state index contributed by atoms with van der Waals surface area (Å²) in [4.78, 5) is 3.00. The predicted molar refractivity (Wildman–Crippen MR) is 68.5 cm³/mol. The van der Waals surface area contributed by atoms with Crippen LogP contribution in [0.25, 0.3) is 0 Å². The number of sulfonamides is 1. The topological polar surface area (TPSA) is 73.4 Å². The van der Waals surface area contributed by atoms with Crippen LogP contribution in [0.3, 0.4) is 0 Å². The van der Waals surface area contributed by atoms with Gasteiger partial charge in [0.2, 0.25) is 10.0 Å². The summed E-state index contributed by atoms with van der Waals surface area (Å²) in [6, 6.07) is 1.60. The fourth-order valence-electron chi connectivity index (χ4n) is 2.47. The summed E-state index contributed by atoms with van der Waals surface area (Å²) in [7, 11) is -1.79. The molecule has 6 heteroatoms.